The topological polar surface area (TPSA) is 86.8 Å². The minimum atomic E-state index is -4.12. The molecule has 0 heterocycles. The summed E-state index contributed by atoms with van der Waals surface area (Å²) in [6.45, 7) is 5.90. The van der Waals surface area contributed by atoms with Crippen molar-refractivity contribution < 1.29 is 18.0 Å². The van der Waals surface area contributed by atoms with E-state index in [4.69, 9.17) is 0 Å². The standard InChI is InChI=1S/C35H39N3O4S/c1-4-23-36-35(40)33(24-29-11-7-5-8-12-29)37(25-30-13-9-6-10-14-30)34(39)26-38(31-19-15-27(2)16-20-31)43(41,42)32-21-17-28(3)18-22-32/h5-22,33H,4,23-26H2,1-3H3,(H,36,40). The van der Waals surface area contributed by atoms with Crippen molar-refractivity contribution in [3.05, 3.63) is 131 Å². The second-order valence-corrected chi connectivity index (χ2v) is 12.5. The van der Waals surface area contributed by atoms with E-state index in [0.717, 1.165) is 33.0 Å². The summed E-state index contributed by atoms with van der Waals surface area (Å²) >= 11 is 0. The molecule has 4 rings (SSSR count). The van der Waals surface area contributed by atoms with Crippen LogP contribution in [0.15, 0.2) is 114 Å². The van der Waals surface area contributed by atoms with Gasteiger partial charge in [-0.3, -0.25) is 13.9 Å². The van der Waals surface area contributed by atoms with Gasteiger partial charge >= 0.3 is 0 Å². The number of benzene rings is 4. The molecule has 2 amide bonds. The number of sulfonamides is 1. The SMILES string of the molecule is CCCNC(=O)C(Cc1ccccc1)N(Cc1ccccc1)C(=O)CN(c1ccc(C)cc1)S(=O)(=O)c1ccc(C)cc1. The monoisotopic (exact) mass is 597 g/mol. The van der Waals surface area contributed by atoms with Gasteiger partial charge in [-0.15, -0.1) is 0 Å². The molecule has 43 heavy (non-hydrogen) atoms. The lowest BCUT2D eigenvalue weighted by atomic mass is 10.0. The third-order valence-corrected chi connectivity index (χ3v) is 9.01. The molecule has 0 saturated carbocycles. The third-order valence-electron chi connectivity index (χ3n) is 7.23. The van der Waals surface area contributed by atoms with Gasteiger partial charge < -0.3 is 10.2 Å². The Morgan fingerprint density at radius 2 is 1.28 bits per heavy atom. The Labute approximate surface area is 255 Å². The summed E-state index contributed by atoms with van der Waals surface area (Å²) in [6, 6.07) is 31.7. The number of carbonyl (C=O) groups excluding carboxylic acids is 2. The predicted octanol–water partition coefficient (Wildman–Crippen LogP) is 5.67. The quantitative estimate of drug-likeness (QED) is 0.215. The maximum absolute atomic E-state index is 14.4. The van der Waals surface area contributed by atoms with Gasteiger partial charge in [0.1, 0.15) is 12.6 Å². The fourth-order valence-electron chi connectivity index (χ4n) is 4.78. The van der Waals surface area contributed by atoms with Crippen molar-refractivity contribution in [2.45, 2.75) is 51.1 Å². The molecule has 1 N–H and O–H groups in total. The molecule has 0 aliphatic carbocycles. The summed E-state index contributed by atoms with van der Waals surface area (Å²) in [5.41, 5.74) is 3.99. The van der Waals surface area contributed by atoms with E-state index in [9.17, 15) is 18.0 Å². The van der Waals surface area contributed by atoms with E-state index in [0.29, 0.717) is 12.2 Å². The van der Waals surface area contributed by atoms with Crippen LogP contribution in [0.3, 0.4) is 0 Å². The highest BCUT2D eigenvalue weighted by Crippen LogP contribution is 2.26. The minimum absolute atomic E-state index is 0.0857. The average Bonchev–Trinajstić information content (AvgIpc) is 3.02. The van der Waals surface area contributed by atoms with Crippen LogP contribution in [0.5, 0.6) is 0 Å². The number of amides is 2. The first kappa shape index (κ1) is 31.5. The van der Waals surface area contributed by atoms with E-state index >= 15 is 0 Å². The van der Waals surface area contributed by atoms with Crippen LogP contribution in [0.4, 0.5) is 5.69 Å². The molecule has 4 aromatic rings. The minimum Gasteiger partial charge on any atom is -0.354 e. The van der Waals surface area contributed by atoms with Gasteiger partial charge in [0, 0.05) is 19.5 Å². The highest BCUT2D eigenvalue weighted by Gasteiger charge is 2.34. The Bertz CT molecular complexity index is 1590. The summed E-state index contributed by atoms with van der Waals surface area (Å²) in [5.74, 6) is -0.758. The second-order valence-electron chi connectivity index (χ2n) is 10.7. The Morgan fingerprint density at radius 1 is 0.744 bits per heavy atom. The molecule has 0 bridgehead atoms. The first-order valence-electron chi connectivity index (χ1n) is 14.5. The molecule has 0 radical (unpaired) electrons. The fourth-order valence-corrected chi connectivity index (χ4v) is 6.19. The lowest BCUT2D eigenvalue weighted by Crippen LogP contribution is -2.53. The normalized spacial score (nSPS) is 11.9. The number of hydrogen-bond acceptors (Lipinski definition) is 4. The molecule has 8 heteroatoms. The molecule has 4 aromatic carbocycles. The summed E-state index contributed by atoms with van der Waals surface area (Å²) in [5, 5.41) is 2.96. The number of hydrogen-bond donors (Lipinski definition) is 1. The van der Waals surface area contributed by atoms with Crippen LogP contribution in [-0.4, -0.2) is 44.3 Å². The maximum atomic E-state index is 14.4. The molecule has 224 valence electrons. The van der Waals surface area contributed by atoms with Crippen LogP contribution in [0.2, 0.25) is 0 Å². The summed E-state index contributed by atoms with van der Waals surface area (Å²) in [6.07, 6.45) is 1.02. The fraction of sp³-hybridized carbons (Fsp3) is 0.257. The first-order chi connectivity index (χ1) is 20.7. The second kappa shape index (κ2) is 14.6. The van der Waals surface area contributed by atoms with Crippen molar-refractivity contribution in [1.82, 2.24) is 10.2 Å². The van der Waals surface area contributed by atoms with Crippen molar-refractivity contribution in [1.29, 1.82) is 0 Å². The van der Waals surface area contributed by atoms with E-state index in [2.05, 4.69) is 5.32 Å². The molecule has 1 atom stereocenters. The Morgan fingerprint density at radius 3 is 1.84 bits per heavy atom. The van der Waals surface area contributed by atoms with Crippen LogP contribution in [0.25, 0.3) is 0 Å². The zero-order chi connectivity index (χ0) is 30.8. The predicted molar refractivity (Wildman–Crippen MR) is 171 cm³/mol. The number of carbonyl (C=O) groups is 2. The van der Waals surface area contributed by atoms with Crippen molar-refractivity contribution in [2.75, 3.05) is 17.4 Å². The molecule has 0 aliphatic heterocycles. The highest BCUT2D eigenvalue weighted by atomic mass is 32.2. The van der Waals surface area contributed by atoms with Gasteiger partial charge in [0.25, 0.3) is 10.0 Å². The Kier molecular flexibility index (Phi) is 10.7. The molecular formula is C35H39N3O4S. The summed E-state index contributed by atoms with van der Waals surface area (Å²) in [4.78, 5) is 29.6. The Hall–Kier alpha value is -4.43. The lowest BCUT2D eigenvalue weighted by Gasteiger charge is -2.34. The van der Waals surface area contributed by atoms with Gasteiger partial charge in [-0.2, -0.15) is 0 Å². The number of nitrogens with one attached hydrogen (secondary N) is 1. The number of rotatable bonds is 13. The molecule has 0 aliphatic rings. The highest BCUT2D eigenvalue weighted by molar-refractivity contribution is 7.92. The van der Waals surface area contributed by atoms with E-state index in [-0.39, 0.29) is 23.8 Å². The lowest BCUT2D eigenvalue weighted by molar-refractivity contribution is -0.140. The number of aryl methyl sites for hydroxylation is 2. The van der Waals surface area contributed by atoms with Crippen molar-refractivity contribution >= 4 is 27.5 Å². The molecule has 7 nitrogen and oxygen atoms in total. The van der Waals surface area contributed by atoms with Crippen molar-refractivity contribution in [3.63, 3.8) is 0 Å². The van der Waals surface area contributed by atoms with E-state index in [1.807, 2.05) is 93.6 Å². The molecule has 0 fully saturated rings. The van der Waals surface area contributed by atoms with Crippen molar-refractivity contribution in [2.24, 2.45) is 0 Å². The van der Waals surface area contributed by atoms with Gasteiger partial charge in [0.05, 0.1) is 10.6 Å². The van der Waals surface area contributed by atoms with Crippen LogP contribution in [0.1, 0.15) is 35.6 Å². The summed E-state index contributed by atoms with van der Waals surface area (Å²) < 4.78 is 29.3. The zero-order valence-corrected chi connectivity index (χ0v) is 25.8. The van der Waals surface area contributed by atoms with Crippen LogP contribution < -0.4 is 9.62 Å². The van der Waals surface area contributed by atoms with Gasteiger partial charge in [-0.1, -0.05) is 103 Å². The van der Waals surface area contributed by atoms with Gasteiger partial charge in [-0.25, -0.2) is 8.42 Å². The van der Waals surface area contributed by atoms with Crippen LogP contribution in [0, 0.1) is 13.8 Å². The average molecular weight is 598 g/mol. The Balaban J connectivity index is 1.77. The molecular weight excluding hydrogens is 558 g/mol. The smallest absolute Gasteiger partial charge is 0.264 e. The molecule has 0 saturated heterocycles. The molecule has 0 spiro atoms. The van der Waals surface area contributed by atoms with Crippen LogP contribution >= 0.6 is 0 Å². The third kappa shape index (κ3) is 8.32. The first-order valence-corrected chi connectivity index (χ1v) is 15.9. The van der Waals surface area contributed by atoms with Crippen LogP contribution in [-0.2, 0) is 32.6 Å². The van der Waals surface area contributed by atoms with Gasteiger partial charge in [-0.05, 0) is 55.7 Å². The maximum Gasteiger partial charge on any atom is 0.264 e. The number of anilines is 1. The van der Waals surface area contributed by atoms with E-state index in [1.165, 1.54) is 4.90 Å². The molecule has 1 unspecified atom stereocenters. The van der Waals surface area contributed by atoms with Crippen molar-refractivity contribution in [3.8, 4) is 0 Å². The zero-order valence-electron chi connectivity index (χ0n) is 24.9. The largest absolute Gasteiger partial charge is 0.354 e. The van der Waals surface area contributed by atoms with E-state index in [1.54, 1.807) is 36.4 Å². The summed E-state index contributed by atoms with van der Waals surface area (Å²) in [7, 11) is -4.12. The van der Waals surface area contributed by atoms with Gasteiger partial charge in [0.15, 0.2) is 0 Å². The van der Waals surface area contributed by atoms with E-state index < -0.39 is 28.5 Å². The number of nitrogens with zero attached hydrogens (tertiary/aromatic N) is 2. The molecule has 0 aromatic heterocycles. The van der Waals surface area contributed by atoms with Gasteiger partial charge in [0.2, 0.25) is 11.8 Å².